The quantitative estimate of drug-likeness (QED) is 0.168. The van der Waals surface area contributed by atoms with E-state index in [1.54, 1.807) is 0 Å². The number of rotatable bonds is 6. The van der Waals surface area contributed by atoms with Crippen LogP contribution in [0.25, 0.3) is 104 Å². The molecule has 13 aromatic rings. The summed E-state index contributed by atoms with van der Waals surface area (Å²) < 4.78 is 15.4. The molecular weight excluding hydrogens is 757 g/mol. The number of anilines is 3. The monoisotopic (exact) mass is 792 g/mol. The first-order chi connectivity index (χ1) is 30.7. The van der Waals surface area contributed by atoms with Crippen LogP contribution >= 0.6 is 0 Å². The van der Waals surface area contributed by atoms with Gasteiger partial charge in [-0.1, -0.05) is 140 Å². The van der Waals surface area contributed by atoms with E-state index in [-0.39, 0.29) is 0 Å². The number of furan rings is 2. The third-order valence-corrected chi connectivity index (χ3v) is 12.6. The first-order valence-electron chi connectivity index (χ1n) is 21.1. The highest BCUT2D eigenvalue weighted by Gasteiger charge is 2.22. The van der Waals surface area contributed by atoms with E-state index in [9.17, 15) is 0 Å². The Morgan fingerprint density at radius 2 is 0.919 bits per heavy atom. The molecule has 0 aliphatic carbocycles. The molecule has 3 heterocycles. The van der Waals surface area contributed by atoms with E-state index in [1.165, 1.54) is 27.2 Å². The Labute approximate surface area is 356 Å². The van der Waals surface area contributed by atoms with Crippen LogP contribution in [0.5, 0.6) is 0 Å². The Balaban J connectivity index is 0.997. The van der Waals surface area contributed by atoms with Gasteiger partial charge < -0.3 is 18.3 Å². The molecule has 4 nitrogen and oxygen atoms in total. The van der Waals surface area contributed by atoms with Crippen molar-refractivity contribution in [3.63, 3.8) is 0 Å². The minimum absolute atomic E-state index is 0.869. The van der Waals surface area contributed by atoms with E-state index in [1.807, 2.05) is 12.1 Å². The van der Waals surface area contributed by atoms with Crippen molar-refractivity contribution >= 4 is 93.5 Å². The molecule has 4 heteroatoms. The van der Waals surface area contributed by atoms with Crippen LogP contribution in [0.4, 0.5) is 17.1 Å². The summed E-state index contributed by atoms with van der Waals surface area (Å²) >= 11 is 0. The first-order valence-corrected chi connectivity index (χ1v) is 21.1. The molecule has 290 valence electrons. The maximum atomic E-state index is 6.58. The zero-order valence-electron chi connectivity index (χ0n) is 33.5. The van der Waals surface area contributed by atoms with Gasteiger partial charge in [-0.05, 0) is 101 Å². The minimum Gasteiger partial charge on any atom is -0.456 e. The van der Waals surface area contributed by atoms with Crippen LogP contribution in [0.2, 0.25) is 0 Å². The van der Waals surface area contributed by atoms with Crippen molar-refractivity contribution in [2.75, 3.05) is 4.90 Å². The number of fused-ring (bicyclic) bond motifs is 10. The van der Waals surface area contributed by atoms with Crippen molar-refractivity contribution in [3.05, 3.63) is 218 Å². The number of hydrogen-bond donors (Lipinski definition) is 0. The SMILES string of the molecule is c1ccc(N(c2ccc(-c3cccc4c3oc3ccccc34)cc2)c2ccc(-n3c4ccccc4c4ccccc43)cc2)c(-c2cccc3oc4cc5ccccc5cc4c23)c1. The third-order valence-electron chi connectivity index (χ3n) is 12.6. The van der Waals surface area contributed by atoms with Crippen LogP contribution in [0, 0.1) is 0 Å². The third kappa shape index (κ3) is 5.27. The molecule has 0 N–H and O–H groups in total. The van der Waals surface area contributed by atoms with Crippen molar-refractivity contribution in [3.8, 4) is 27.9 Å². The van der Waals surface area contributed by atoms with Crippen molar-refractivity contribution in [1.82, 2.24) is 4.57 Å². The molecule has 0 bridgehead atoms. The molecule has 0 saturated heterocycles. The highest BCUT2D eigenvalue weighted by atomic mass is 16.3. The van der Waals surface area contributed by atoms with Gasteiger partial charge in [-0.2, -0.15) is 0 Å². The molecule has 0 saturated carbocycles. The summed E-state index contributed by atoms with van der Waals surface area (Å²) in [6, 6.07) is 78.0. The fraction of sp³-hybridized carbons (Fsp3) is 0. The lowest BCUT2D eigenvalue weighted by Crippen LogP contribution is -2.11. The minimum atomic E-state index is 0.869. The summed E-state index contributed by atoms with van der Waals surface area (Å²) in [4.78, 5) is 2.38. The highest BCUT2D eigenvalue weighted by molar-refractivity contribution is 6.17. The van der Waals surface area contributed by atoms with Crippen molar-refractivity contribution in [2.45, 2.75) is 0 Å². The average Bonchev–Trinajstić information content (AvgIpc) is 4.01. The fourth-order valence-electron chi connectivity index (χ4n) is 9.78. The van der Waals surface area contributed by atoms with Gasteiger partial charge in [0.25, 0.3) is 0 Å². The predicted octanol–water partition coefficient (Wildman–Crippen LogP) is 16.5. The first kappa shape index (κ1) is 34.5. The van der Waals surface area contributed by atoms with Crippen molar-refractivity contribution in [1.29, 1.82) is 0 Å². The Morgan fingerprint density at radius 1 is 0.355 bits per heavy atom. The van der Waals surface area contributed by atoms with Gasteiger partial charge in [0, 0.05) is 60.5 Å². The molecule has 0 unspecified atom stereocenters. The number of nitrogens with zero attached hydrogens (tertiary/aromatic N) is 2. The van der Waals surface area contributed by atoms with E-state index >= 15 is 0 Å². The second kappa shape index (κ2) is 13.6. The van der Waals surface area contributed by atoms with Crippen LogP contribution in [-0.2, 0) is 0 Å². The number of benzene rings is 10. The van der Waals surface area contributed by atoms with E-state index in [0.29, 0.717) is 0 Å². The van der Waals surface area contributed by atoms with Crippen molar-refractivity contribution < 1.29 is 8.83 Å². The van der Waals surface area contributed by atoms with Gasteiger partial charge in [-0.15, -0.1) is 0 Å². The van der Waals surface area contributed by atoms with Crippen LogP contribution in [0.15, 0.2) is 227 Å². The smallest absolute Gasteiger partial charge is 0.143 e. The number of para-hydroxylation sites is 5. The van der Waals surface area contributed by atoms with E-state index in [2.05, 4.69) is 216 Å². The van der Waals surface area contributed by atoms with E-state index in [0.717, 1.165) is 94.3 Å². The Kier molecular flexibility index (Phi) is 7.57. The van der Waals surface area contributed by atoms with Gasteiger partial charge in [-0.3, -0.25) is 0 Å². The number of hydrogen-bond acceptors (Lipinski definition) is 3. The van der Waals surface area contributed by atoms with Gasteiger partial charge in [0.15, 0.2) is 0 Å². The molecular formula is C58H36N2O2. The normalized spacial score (nSPS) is 11.9. The lowest BCUT2D eigenvalue weighted by molar-refractivity contribution is 0.669. The van der Waals surface area contributed by atoms with Gasteiger partial charge in [-0.25, -0.2) is 0 Å². The maximum absolute atomic E-state index is 6.58. The van der Waals surface area contributed by atoms with E-state index < -0.39 is 0 Å². The fourth-order valence-corrected chi connectivity index (χ4v) is 9.78. The van der Waals surface area contributed by atoms with Crippen LogP contribution in [0.3, 0.4) is 0 Å². The lowest BCUT2D eigenvalue weighted by Gasteiger charge is -2.28. The van der Waals surface area contributed by atoms with Crippen LogP contribution < -0.4 is 4.90 Å². The summed E-state index contributed by atoms with van der Waals surface area (Å²) in [5, 5.41) is 9.31. The van der Waals surface area contributed by atoms with Gasteiger partial charge in [0.05, 0.1) is 16.7 Å². The summed E-state index contributed by atoms with van der Waals surface area (Å²) in [6.45, 7) is 0. The Morgan fingerprint density at radius 3 is 1.69 bits per heavy atom. The topological polar surface area (TPSA) is 34.5 Å². The average molecular weight is 793 g/mol. The summed E-state index contributed by atoms with van der Waals surface area (Å²) in [5.41, 5.74) is 14.6. The molecule has 62 heavy (non-hydrogen) atoms. The molecule has 0 fully saturated rings. The van der Waals surface area contributed by atoms with Crippen molar-refractivity contribution in [2.24, 2.45) is 0 Å². The van der Waals surface area contributed by atoms with Gasteiger partial charge in [0.1, 0.15) is 22.3 Å². The molecule has 0 amide bonds. The molecule has 0 aliphatic rings. The molecule has 0 aliphatic heterocycles. The largest absolute Gasteiger partial charge is 0.456 e. The van der Waals surface area contributed by atoms with Gasteiger partial charge >= 0.3 is 0 Å². The molecule has 0 radical (unpaired) electrons. The summed E-state index contributed by atoms with van der Waals surface area (Å²) in [5.74, 6) is 0. The summed E-state index contributed by atoms with van der Waals surface area (Å²) in [7, 11) is 0. The summed E-state index contributed by atoms with van der Waals surface area (Å²) in [6.07, 6.45) is 0. The molecule has 13 rings (SSSR count). The molecule has 0 atom stereocenters. The predicted molar refractivity (Wildman–Crippen MR) is 258 cm³/mol. The van der Waals surface area contributed by atoms with Gasteiger partial charge in [0.2, 0.25) is 0 Å². The maximum Gasteiger partial charge on any atom is 0.143 e. The second-order valence-corrected chi connectivity index (χ2v) is 16.0. The highest BCUT2D eigenvalue weighted by Crippen LogP contribution is 2.46. The lowest BCUT2D eigenvalue weighted by atomic mass is 9.96. The zero-order chi connectivity index (χ0) is 40.7. The number of aromatic nitrogens is 1. The standard InChI is InChI=1S/C58H36N2O2/c1-2-14-39-36-56-50(35-38(39)13-1)57-48(20-12-26-55(57)61-56)46-17-5-7-22-51(46)59(40-29-27-37(28-30-40)43-19-11-21-49-47-18-6-10-25-54(47)62-58(43)49)41-31-33-42(34-32-41)60-52-23-8-3-15-44(52)45-16-4-9-24-53(45)60/h1-36H. The molecule has 0 spiro atoms. The second-order valence-electron chi connectivity index (χ2n) is 16.0. The Hall–Kier alpha value is -8.34. The zero-order valence-corrected chi connectivity index (χ0v) is 33.5. The molecule has 10 aromatic carbocycles. The van der Waals surface area contributed by atoms with Crippen LogP contribution in [0.1, 0.15) is 0 Å². The van der Waals surface area contributed by atoms with Crippen LogP contribution in [-0.4, -0.2) is 4.57 Å². The molecule has 3 aromatic heterocycles. The Bertz CT molecular complexity index is 3810. The van der Waals surface area contributed by atoms with E-state index in [4.69, 9.17) is 8.83 Å².